The first-order valence-corrected chi connectivity index (χ1v) is 7.08. The maximum absolute atomic E-state index is 11.9. The van der Waals surface area contributed by atoms with E-state index in [1.807, 2.05) is 23.2 Å². The van der Waals surface area contributed by atoms with Gasteiger partial charge in [-0.25, -0.2) is 0 Å². The molecule has 104 valence electrons. The zero-order valence-electron chi connectivity index (χ0n) is 11.5. The Morgan fingerprint density at radius 1 is 1.30 bits per heavy atom. The fourth-order valence-electron chi connectivity index (χ4n) is 2.85. The number of carbonyl (C=O) groups is 1. The van der Waals surface area contributed by atoms with Crippen LogP contribution in [0.4, 0.5) is 0 Å². The third-order valence-electron chi connectivity index (χ3n) is 4.00. The molecular formula is C16H19N3O. The molecule has 0 aliphatic carbocycles. The van der Waals surface area contributed by atoms with Crippen molar-refractivity contribution < 1.29 is 4.79 Å². The van der Waals surface area contributed by atoms with Gasteiger partial charge in [0.2, 0.25) is 5.91 Å². The molecule has 0 bridgehead atoms. The van der Waals surface area contributed by atoms with E-state index >= 15 is 0 Å². The Labute approximate surface area is 118 Å². The summed E-state index contributed by atoms with van der Waals surface area (Å²) in [7, 11) is 0. The molecule has 1 aromatic heterocycles. The zero-order valence-corrected chi connectivity index (χ0v) is 11.5. The van der Waals surface area contributed by atoms with Gasteiger partial charge >= 0.3 is 0 Å². The van der Waals surface area contributed by atoms with Crippen molar-refractivity contribution in [3.63, 3.8) is 0 Å². The third kappa shape index (κ3) is 2.51. The summed E-state index contributed by atoms with van der Waals surface area (Å²) in [6, 6.07) is 10.2. The van der Waals surface area contributed by atoms with Crippen LogP contribution in [0.1, 0.15) is 12.0 Å². The van der Waals surface area contributed by atoms with Crippen molar-refractivity contribution in [2.24, 2.45) is 11.7 Å². The lowest BCUT2D eigenvalue weighted by Crippen LogP contribution is -2.28. The number of hydrogen-bond donors (Lipinski definition) is 1. The molecule has 0 radical (unpaired) electrons. The minimum absolute atomic E-state index is 0.230. The molecule has 20 heavy (non-hydrogen) atoms. The Balaban J connectivity index is 1.73. The fraction of sp³-hybridized carbons (Fsp3) is 0.375. The van der Waals surface area contributed by atoms with Gasteiger partial charge in [0.05, 0.1) is 5.52 Å². The minimum atomic E-state index is 0.230. The predicted molar refractivity (Wildman–Crippen MR) is 79.2 cm³/mol. The molecule has 1 fully saturated rings. The van der Waals surface area contributed by atoms with Crippen LogP contribution in [0.15, 0.2) is 36.5 Å². The van der Waals surface area contributed by atoms with Crippen LogP contribution in [-0.2, 0) is 11.2 Å². The lowest BCUT2D eigenvalue weighted by molar-refractivity contribution is -0.127. The quantitative estimate of drug-likeness (QED) is 0.917. The molecule has 1 aliphatic heterocycles. The maximum Gasteiger partial charge on any atom is 0.222 e. The number of pyridine rings is 1. The summed E-state index contributed by atoms with van der Waals surface area (Å²) in [5.74, 6) is 0.557. The summed E-state index contributed by atoms with van der Waals surface area (Å²) in [6.45, 7) is 2.15. The van der Waals surface area contributed by atoms with Crippen molar-refractivity contribution >= 4 is 16.8 Å². The third-order valence-corrected chi connectivity index (χ3v) is 4.00. The molecule has 3 rings (SSSR count). The number of aromatic nitrogens is 1. The number of nitrogens with zero attached hydrogens (tertiary/aromatic N) is 2. The molecular weight excluding hydrogens is 250 g/mol. The van der Waals surface area contributed by atoms with E-state index in [0.29, 0.717) is 18.9 Å². The van der Waals surface area contributed by atoms with E-state index in [-0.39, 0.29) is 5.91 Å². The standard InChI is InChI=1S/C16H19N3O/c17-10-12-9-15(20)19(11-12)8-6-14-4-1-3-13-5-2-7-18-16(13)14/h1-5,7,12H,6,8-11,17H2. The monoisotopic (exact) mass is 269 g/mol. The van der Waals surface area contributed by atoms with Crippen molar-refractivity contribution in [3.05, 3.63) is 42.1 Å². The highest BCUT2D eigenvalue weighted by Gasteiger charge is 2.28. The number of fused-ring (bicyclic) bond motifs is 1. The number of benzene rings is 1. The van der Waals surface area contributed by atoms with Gasteiger partial charge in [-0.1, -0.05) is 24.3 Å². The van der Waals surface area contributed by atoms with E-state index in [9.17, 15) is 4.79 Å². The first-order valence-electron chi connectivity index (χ1n) is 7.08. The highest BCUT2D eigenvalue weighted by Crippen LogP contribution is 2.20. The summed E-state index contributed by atoms with van der Waals surface area (Å²) in [5.41, 5.74) is 7.89. The summed E-state index contributed by atoms with van der Waals surface area (Å²) < 4.78 is 0. The number of para-hydroxylation sites is 1. The first kappa shape index (κ1) is 13.1. The Morgan fingerprint density at radius 2 is 2.15 bits per heavy atom. The summed E-state index contributed by atoms with van der Waals surface area (Å²) >= 11 is 0. The second-order valence-electron chi connectivity index (χ2n) is 5.39. The SMILES string of the molecule is NCC1CC(=O)N(CCc2cccc3cccnc23)C1. The molecule has 2 aromatic rings. The molecule has 2 N–H and O–H groups in total. The van der Waals surface area contributed by atoms with Crippen molar-refractivity contribution in [2.45, 2.75) is 12.8 Å². The van der Waals surface area contributed by atoms with Gasteiger partial charge < -0.3 is 10.6 Å². The number of carbonyl (C=O) groups excluding carboxylic acids is 1. The highest BCUT2D eigenvalue weighted by molar-refractivity contribution is 5.82. The minimum Gasteiger partial charge on any atom is -0.342 e. The molecule has 0 saturated carbocycles. The molecule has 2 heterocycles. The number of hydrogen-bond acceptors (Lipinski definition) is 3. The van der Waals surface area contributed by atoms with Gasteiger partial charge in [0.1, 0.15) is 0 Å². The largest absolute Gasteiger partial charge is 0.342 e. The van der Waals surface area contributed by atoms with Crippen molar-refractivity contribution in [1.82, 2.24) is 9.88 Å². The molecule has 4 heteroatoms. The van der Waals surface area contributed by atoms with Crippen LogP contribution in [0.5, 0.6) is 0 Å². The average molecular weight is 269 g/mol. The molecule has 1 atom stereocenters. The second-order valence-corrected chi connectivity index (χ2v) is 5.39. The van der Waals surface area contributed by atoms with Crippen LogP contribution in [0.2, 0.25) is 0 Å². The molecule has 1 saturated heterocycles. The number of likely N-dealkylation sites (tertiary alicyclic amines) is 1. The van der Waals surface area contributed by atoms with Crippen molar-refractivity contribution in [3.8, 4) is 0 Å². The summed E-state index contributed by atoms with van der Waals surface area (Å²) in [4.78, 5) is 18.3. The van der Waals surface area contributed by atoms with Gasteiger partial charge in [-0.2, -0.15) is 0 Å². The van der Waals surface area contributed by atoms with E-state index in [0.717, 1.165) is 30.4 Å². The van der Waals surface area contributed by atoms with Gasteiger partial charge in [0, 0.05) is 31.1 Å². The molecule has 4 nitrogen and oxygen atoms in total. The molecule has 1 aromatic carbocycles. The smallest absolute Gasteiger partial charge is 0.222 e. The topological polar surface area (TPSA) is 59.2 Å². The highest BCUT2D eigenvalue weighted by atomic mass is 16.2. The molecule has 1 amide bonds. The van der Waals surface area contributed by atoms with E-state index in [1.165, 1.54) is 5.56 Å². The Bertz CT molecular complexity index is 621. The number of nitrogens with two attached hydrogens (primary N) is 1. The molecule has 1 unspecified atom stereocenters. The van der Waals surface area contributed by atoms with E-state index < -0.39 is 0 Å². The Morgan fingerprint density at radius 3 is 2.95 bits per heavy atom. The average Bonchev–Trinajstić information content (AvgIpc) is 2.85. The van der Waals surface area contributed by atoms with Gasteiger partial charge in [-0.05, 0) is 30.5 Å². The van der Waals surface area contributed by atoms with Crippen LogP contribution in [0, 0.1) is 5.92 Å². The second kappa shape index (κ2) is 5.59. The fourth-order valence-corrected chi connectivity index (χ4v) is 2.85. The zero-order chi connectivity index (χ0) is 13.9. The van der Waals surface area contributed by atoms with Gasteiger partial charge in [-0.3, -0.25) is 9.78 Å². The summed E-state index contributed by atoms with van der Waals surface area (Å²) in [5, 5.41) is 1.15. The van der Waals surface area contributed by atoms with E-state index in [2.05, 4.69) is 23.2 Å². The number of rotatable bonds is 4. The number of amides is 1. The lowest BCUT2D eigenvalue weighted by Gasteiger charge is -2.16. The van der Waals surface area contributed by atoms with Crippen LogP contribution >= 0.6 is 0 Å². The van der Waals surface area contributed by atoms with Gasteiger partial charge in [0.15, 0.2) is 0 Å². The molecule has 0 spiro atoms. The van der Waals surface area contributed by atoms with Gasteiger partial charge in [-0.15, -0.1) is 0 Å². The van der Waals surface area contributed by atoms with Gasteiger partial charge in [0.25, 0.3) is 0 Å². The Kier molecular flexibility index (Phi) is 3.65. The maximum atomic E-state index is 11.9. The lowest BCUT2D eigenvalue weighted by atomic mass is 10.1. The van der Waals surface area contributed by atoms with Crippen LogP contribution < -0.4 is 5.73 Å². The van der Waals surface area contributed by atoms with Crippen LogP contribution in [0.3, 0.4) is 0 Å². The normalized spacial score (nSPS) is 18.9. The van der Waals surface area contributed by atoms with E-state index in [1.54, 1.807) is 0 Å². The molecule has 1 aliphatic rings. The first-order chi connectivity index (χ1) is 9.78. The summed E-state index contributed by atoms with van der Waals surface area (Å²) in [6.07, 6.45) is 3.26. The van der Waals surface area contributed by atoms with E-state index in [4.69, 9.17) is 5.73 Å². The van der Waals surface area contributed by atoms with Crippen molar-refractivity contribution in [1.29, 1.82) is 0 Å². The predicted octanol–water partition coefficient (Wildman–Crippen LogP) is 1.58. The van der Waals surface area contributed by atoms with Crippen LogP contribution in [0.25, 0.3) is 10.9 Å². The Hall–Kier alpha value is -1.94. The van der Waals surface area contributed by atoms with Crippen molar-refractivity contribution in [2.75, 3.05) is 19.6 Å². The van der Waals surface area contributed by atoms with Crippen LogP contribution in [-0.4, -0.2) is 35.4 Å².